The summed E-state index contributed by atoms with van der Waals surface area (Å²) in [7, 11) is 0. The van der Waals surface area contributed by atoms with Crippen molar-refractivity contribution in [1.29, 1.82) is 0 Å². The third kappa shape index (κ3) is 5.78. The molecule has 2 aromatic rings. The molecule has 0 spiro atoms. The van der Waals surface area contributed by atoms with Crippen LogP contribution in [0.5, 0.6) is 0 Å². The maximum Gasteiger partial charge on any atom is 0.338 e. The average Bonchev–Trinajstić information content (AvgIpc) is 3.33. The molecule has 1 aliphatic carbocycles. The summed E-state index contributed by atoms with van der Waals surface area (Å²) in [5.74, 6) is 0.412. The molecule has 33 heavy (non-hydrogen) atoms. The molecule has 1 saturated carbocycles. The van der Waals surface area contributed by atoms with Gasteiger partial charge in [0.25, 0.3) is 0 Å². The Hall–Kier alpha value is -2.77. The maximum atomic E-state index is 13.1. The summed E-state index contributed by atoms with van der Waals surface area (Å²) < 4.78 is 11.0. The van der Waals surface area contributed by atoms with Crippen LogP contribution < -0.4 is 10.6 Å². The summed E-state index contributed by atoms with van der Waals surface area (Å²) in [6, 6.07) is 10.3. The molecule has 4 rings (SSSR count). The smallest absolute Gasteiger partial charge is 0.338 e. The van der Waals surface area contributed by atoms with Gasteiger partial charge in [0.15, 0.2) is 0 Å². The van der Waals surface area contributed by atoms with Gasteiger partial charge in [-0.05, 0) is 49.6 Å². The summed E-state index contributed by atoms with van der Waals surface area (Å²) in [5, 5.41) is 6.36. The van der Waals surface area contributed by atoms with Crippen molar-refractivity contribution >= 4 is 23.6 Å². The molecule has 1 atom stereocenters. The summed E-state index contributed by atoms with van der Waals surface area (Å²) in [4.78, 5) is 28.1. The zero-order valence-corrected chi connectivity index (χ0v) is 19.6. The van der Waals surface area contributed by atoms with E-state index in [9.17, 15) is 9.59 Å². The van der Waals surface area contributed by atoms with Gasteiger partial charge in [0.1, 0.15) is 5.76 Å². The fourth-order valence-corrected chi connectivity index (χ4v) is 4.79. The summed E-state index contributed by atoms with van der Waals surface area (Å²) in [6.45, 7) is 3.04. The second kappa shape index (κ2) is 10.9. The number of ether oxygens (including phenoxy) is 1. The number of esters is 1. The van der Waals surface area contributed by atoms with Crippen LogP contribution in [0.1, 0.15) is 56.4 Å². The molecule has 1 aromatic heterocycles. The molecule has 0 saturated heterocycles. The Labute approximate surface area is 199 Å². The zero-order valence-electron chi connectivity index (χ0n) is 18.8. The molecule has 1 aliphatic heterocycles. The number of hydrogen-bond donors (Lipinski definition) is 2. The Balaban J connectivity index is 1.71. The topological polar surface area (TPSA) is 83.8 Å². The molecule has 2 N–H and O–H groups in total. The van der Waals surface area contributed by atoms with E-state index >= 15 is 0 Å². The number of amides is 2. The maximum absolute atomic E-state index is 13.1. The van der Waals surface area contributed by atoms with Crippen LogP contribution in [0.3, 0.4) is 0 Å². The van der Waals surface area contributed by atoms with Crippen molar-refractivity contribution in [2.75, 3.05) is 13.2 Å². The average molecular weight is 472 g/mol. The lowest BCUT2D eigenvalue weighted by molar-refractivity contribution is -0.139. The molecule has 1 fully saturated rings. The van der Waals surface area contributed by atoms with E-state index in [1.165, 1.54) is 19.3 Å². The van der Waals surface area contributed by atoms with E-state index in [0.717, 1.165) is 24.2 Å². The minimum atomic E-state index is -0.623. The van der Waals surface area contributed by atoms with E-state index in [4.69, 9.17) is 20.8 Å². The lowest BCUT2D eigenvalue weighted by Gasteiger charge is -2.37. The Morgan fingerprint density at radius 2 is 1.91 bits per heavy atom. The van der Waals surface area contributed by atoms with Gasteiger partial charge in [0.2, 0.25) is 0 Å². The van der Waals surface area contributed by atoms with Gasteiger partial charge < -0.3 is 19.8 Å². The Kier molecular flexibility index (Phi) is 7.73. The van der Waals surface area contributed by atoms with Gasteiger partial charge in [0.05, 0.1) is 31.0 Å². The molecule has 2 amide bonds. The number of carbonyl (C=O) groups excluding carboxylic acids is 2. The zero-order chi connectivity index (χ0) is 23.2. The Morgan fingerprint density at radius 1 is 1.15 bits per heavy atom. The Morgan fingerprint density at radius 3 is 2.58 bits per heavy atom. The first-order chi connectivity index (χ1) is 16.0. The third-order valence-corrected chi connectivity index (χ3v) is 6.50. The summed E-state index contributed by atoms with van der Waals surface area (Å²) >= 11 is 6.06. The molecule has 7 nitrogen and oxygen atoms in total. The quantitative estimate of drug-likeness (QED) is 0.533. The van der Waals surface area contributed by atoms with Crippen molar-refractivity contribution in [3.8, 4) is 0 Å². The van der Waals surface area contributed by atoms with E-state index in [2.05, 4.69) is 15.5 Å². The first kappa shape index (κ1) is 23.4. The third-order valence-electron chi connectivity index (χ3n) is 6.24. The number of rotatable bonds is 8. The number of carbonyl (C=O) groups is 2. The monoisotopic (exact) mass is 471 g/mol. The van der Waals surface area contributed by atoms with Gasteiger partial charge in [-0.3, -0.25) is 4.90 Å². The van der Waals surface area contributed by atoms with E-state index in [1.807, 2.05) is 24.3 Å². The van der Waals surface area contributed by atoms with Crippen LogP contribution in [0.15, 0.2) is 58.3 Å². The first-order valence-corrected chi connectivity index (χ1v) is 11.9. The van der Waals surface area contributed by atoms with Crippen LogP contribution >= 0.6 is 11.6 Å². The molecule has 176 valence electrons. The molecule has 1 unspecified atom stereocenters. The molecular formula is C25H30ClN3O4. The first-order valence-electron chi connectivity index (χ1n) is 11.5. The number of urea groups is 1. The fraction of sp³-hybridized carbons (Fsp3) is 0.440. The van der Waals surface area contributed by atoms with Gasteiger partial charge in [-0.1, -0.05) is 43.0 Å². The second-order valence-electron chi connectivity index (χ2n) is 8.47. The molecular weight excluding hydrogens is 442 g/mol. The van der Waals surface area contributed by atoms with Crippen LogP contribution in [-0.4, -0.2) is 36.1 Å². The number of hydrogen-bond acceptors (Lipinski definition) is 5. The molecule has 0 bridgehead atoms. The lowest BCUT2D eigenvalue weighted by atomic mass is 9.92. The minimum absolute atomic E-state index is 0.246. The van der Waals surface area contributed by atoms with E-state index in [-0.39, 0.29) is 12.6 Å². The van der Waals surface area contributed by atoms with Crippen LogP contribution in [0.2, 0.25) is 5.02 Å². The van der Waals surface area contributed by atoms with Crippen molar-refractivity contribution in [1.82, 2.24) is 15.5 Å². The van der Waals surface area contributed by atoms with Crippen molar-refractivity contribution in [3.05, 3.63) is 70.3 Å². The number of nitrogens with zero attached hydrogens (tertiary/aromatic N) is 1. The van der Waals surface area contributed by atoms with Crippen LogP contribution in [0, 0.1) is 0 Å². The van der Waals surface area contributed by atoms with E-state index < -0.39 is 12.0 Å². The second-order valence-corrected chi connectivity index (χ2v) is 8.91. The highest BCUT2D eigenvalue weighted by atomic mass is 35.5. The summed E-state index contributed by atoms with van der Waals surface area (Å²) in [6.07, 6.45) is 7.40. The number of halogens is 1. The van der Waals surface area contributed by atoms with Crippen LogP contribution in [0.4, 0.5) is 4.79 Å². The molecule has 0 radical (unpaired) electrons. The summed E-state index contributed by atoms with van der Waals surface area (Å²) in [5.41, 5.74) is 1.75. The predicted octanol–water partition coefficient (Wildman–Crippen LogP) is 4.94. The van der Waals surface area contributed by atoms with E-state index in [0.29, 0.717) is 35.4 Å². The van der Waals surface area contributed by atoms with Gasteiger partial charge in [-0.2, -0.15) is 0 Å². The highest BCUT2D eigenvalue weighted by Gasteiger charge is 2.35. The minimum Gasteiger partial charge on any atom is -0.468 e. The largest absolute Gasteiger partial charge is 0.468 e. The van der Waals surface area contributed by atoms with E-state index in [1.54, 1.807) is 25.3 Å². The normalized spacial score (nSPS) is 19.4. The van der Waals surface area contributed by atoms with Gasteiger partial charge in [-0.15, -0.1) is 0 Å². The lowest BCUT2D eigenvalue weighted by Crippen LogP contribution is -2.49. The van der Waals surface area contributed by atoms with Gasteiger partial charge >= 0.3 is 12.0 Å². The SMILES string of the molecule is CCOC(=O)C1=C(CN(Cc2ccco2)C2CCCCC2)NC(=O)NC1c1ccc(Cl)cc1. The molecule has 1 aromatic carbocycles. The number of benzene rings is 1. The molecule has 2 aliphatic rings. The number of furan rings is 1. The number of nitrogens with one attached hydrogen (secondary N) is 2. The van der Waals surface area contributed by atoms with Gasteiger partial charge in [0, 0.05) is 23.3 Å². The molecule has 8 heteroatoms. The highest BCUT2D eigenvalue weighted by molar-refractivity contribution is 6.30. The van der Waals surface area contributed by atoms with Gasteiger partial charge in [-0.25, -0.2) is 9.59 Å². The van der Waals surface area contributed by atoms with Crippen molar-refractivity contribution in [3.63, 3.8) is 0 Å². The van der Waals surface area contributed by atoms with Crippen molar-refractivity contribution in [2.45, 2.75) is 57.7 Å². The van der Waals surface area contributed by atoms with Crippen molar-refractivity contribution < 1.29 is 18.7 Å². The Bertz CT molecular complexity index is 982. The van der Waals surface area contributed by atoms with Crippen LogP contribution in [-0.2, 0) is 16.1 Å². The fourth-order valence-electron chi connectivity index (χ4n) is 4.66. The standard InChI is InChI=1S/C25H30ClN3O4/c1-2-32-24(30)22-21(27-25(31)28-23(22)17-10-12-18(26)13-11-17)16-29(15-20-9-6-14-33-20)19-7-4-3-5-8-19/h6,9-14,19,23H,2-5,7-8,15-16H2,1H3,(H2,27,28,31). The molecule has 2 heterocycles. The predicted molar refractivity (Wildman–Crippen MR) is 126 cm³/mol. The highest BCUT2D eigenvalue weighted by Crippen LogP contribution is 2.31. The van der Waals surface area contributed by atoms with Crippen molar-refractivity contribution in [2.24, 2.45) is 0 Å². The van der Waals surface area contributed by atoms with Crippen LogP contribution in [0.25, 0.3) is 0 Å².